The molecule has 0 fully saturated rings. The fourth-order valence-corrected chi connectivity index (χ4v) is 3.42. The Morgan fingerprint density at radius 2 is 1.89 bits per heavy atom. The van der Waals surface area contributed by atoms with Gasteiger partial charge in [-0.15, -0.1) is 0 Å². The smallest absolute Gasteiger partial charge is 0.416 e. The molecular weight excluding hydrogens is 355 g/mol. The molecule has 0 N–H and O–H groups in total. The summed E-state index contributed by atoms with van der Waals surface area (Å²) in [4.78, 5) is 13.8. The summed E-state index contributed by atoms with van der Waals surface area (Å²) in [6.45, 7) is 5.95. The largest absolute Gasteiger partial charge is 0.496 e. The number of methoxy groups -OCH3 is 1. The number of nitrogens with zero attached hydrogens (tertiary/aromatic N) is 1. The number of ether oxygens (including phenoxy) is 1. The molecule has 0 aromatic heterocycles. The summed E-state index contributed by atoms with van der Waals surface area (Å²) in [6.07, 6.45) is -2.40. The molecule has 1 aliphatic heterocycles. The molecule has 3 rings (SSSR count). The second kappa shape index (κ2) is 7.10. The number of alkyl halides is 3. The molecule has 0 radical (unpaired) electrons. The van der Waals surface area contributed by atoms with Gasteiger partial charge >= 0.3 is 6.18 Å². The molecule has 1 heterocycles. The fourth-order valence-electron chi connectivity index (χ4n) is 3.42. The molecule has 0 aliphatic carbocycles. The van der Waals surface area contributed by atoms with Crippen LogP contribution < -0.4 is 4.74 Å². The van der Waals surface area contributed by atoms with E-state index in [9.17, 15) is 18.0 Å². The first-order valence-corrected chi connectivity index (χ1v) is 8.55. The van der Waals surface area contributed by atoms with E-state index in [0.29, 0.717) is 29.8 Å². The van der Waals surface area contributed by atoms with Crippen LogP contribution in [0.2, 0.25) is 0 Å². The van der Waals surface area contributed by atoms with Crippen molar-refractivity contribution in [2.45, 2.75) is 32.1 Å². The topological polar surface area (TPSA) is 29.5 Å². The van der Waals surface area contributed by atoms with Crippen LogP contribution in [-0.2, 0) is 23.9 Å². The van der Waals surface area contributed by atoms with Crippen molar-refractivity contribution >= 4 is 5.91 Å². The van der Waals surface area contributed by atoms with Crippen LogP contribution in [0.5, 0.6) is 5.75 Å². The van der Waals surface area contributed by atoms with Gasteiger partial charge in [0.25, 0.3) is 0 Å². The van der Waals surface area contributed by atoms with Crippen LogP contribution in [-0.4, -0.2) is 24.0 Å². The number of amides is 1. The number of rotatable bonds is 3. The van der Waals surface area contributed by atoms with Gasteiger partial charge in [0.05, 0.1) is 12.7 Å². The van der Waals surface area contributed by atoms with Gasteiger partial charge in [-0.1, -0.05) is 18.7 Å². The lowest BCUT2D eigenvalue weighted by Gasteiger charge is -2.35. The number of fused-ring (bicyclic) bond motifs is 1. The molecule has 0 spiro atoms. The van der Waals surface area contributed by atoms with Crippen molar-refractivity contribution in [3.63, 3.8) is 0 Å². The van der Waals surface area contributed by atoms with Crippen molar-refractivity contribution < 1.29 is 22.7 Å². The van der Waals surface area contributed by atoms with E-state index in [1.54, 1.807) is 4.90 Å². The number of benzene rings is 2. The van der Waals surface area contributed by atoms with E-state index in [1.165, 1.54) is 25.3 Å². The Balaban J connectivity index is 2.02. The highest BCUT2D eigenvalue weighted by Crippen LogP contribution is 2.37. The van der Waals surface area contributed by atoms with Gasteiger partial charge in [0.2, 0.25) is 5.91 Å². The summed E-state index contributed by atoms with van der Waals surface area (Å²) >= 11 is 0. The van der Waals surface area contributed by atoms with Gasteiger partial charge < -0.3 is 9.64 Å². The zero-order chi connectivity index (χ0) is 19.8. The minimum atomic E-state index is -4.37. The molecule has 6 heteroatoms. The second-order valence-corrected chi connectivity index (χ2v) is 6.62. The van der Waals surface area contributed by atoms with E-state index in [2.05, 4.69) is 6.58 Å². The molecule has 0 saturated carbocycles. The van der Waals surface area contributed by atoms with Crippen LogP contribution in [0.15, 0.2) is 49.1 Å². The van der Waals surface area contributed by atoms with Crippen molar-refractivity contribution in [3.05, 3.63) is 65.7 Å². The second-order valence-electron chi connectivity index (χ2n) is 6.62. The van der Waals surface area contributed by atoms with Crippen LogP contribution in [0.25, 0.3) is 11.1 Å². The third-order valence-corrected chi connectivity index (χ3v) is 4.89. The summed E-state index contributed by atoms with van der Waals surface area (Å²) in [5, 5.41) is 0. The average molecular weight is 375 g/mol. The Labute approximate surface area is 156 Å². The average Bonchev–Trinajstić information content (AvgIpc) is 2.65. The number of carbonyl (C=O) groups excluding carboxylic acids is 1. The summed E-state index contributed by atoms with van der Waals surface area (Å²) in [6, 6.07) is 8.83. The molecule has 1 unspecified atom stereocenters. The number of halogens is 3. The molecule has 0 bridgehead atoms. The molecule has 2 aromatic rings. The van der Waals surface area contributed by atoms with E-state index in [4.69, 9.17) is 4.74 Å². The first kappa shape index (κ1) is 19.0. The third kappa shape index (κ3) is 3.70. The molecule has 1 amide bonds. The standard InChI is InChI=1S/C21H20F3NO2/c1-4-20(26)25-12-16-10-18(19(27-3)11-15(16)9-13(25)2)14-5-7-17(8-6-14)21(22,23)24/h4-8,10-11,13H,1,9,12H2,2-3H3. The van der Waals surface area contributed by atoms with Crippen molar-refractivity contribution in [2.75, 3.05) is 7.11 Å². The van der Waals surface area contributed by atoms with Crippen LogP contribution in [0.3, 0.4) is 0 Å². The van der Waals surface area contributed by atoms with Crippen LogP contribution in [0.4, 0.5) is 13.2 Å². The maximum Gasteiger partial charge on any atom is 0.416 e. The molecule has 2 aromatic carbocycles. The Kier molecular flexibility index (Phi) is 5.00. The number of hydrogen-bond acceptors (Lipinski definition) is 2. The predicted octanol–water partition coefficient (Wildman–Crippen LogP) is 4.84. The Bertz CT molecular complexity index is 872. The van der Waals surface area contributed by atoms with Crippen molar-refractivity contribution in [2.24, 2.45) is 0 Å². The molecule has 142 valence electrons. The predicted molar refractivity (Wildman–Crippen MR) is 97.3 cm³/mol. The zero-order valence-electron chi connectivity index (χ0n) is 15.1. The van der Waals surface area contributed by atoms with Crippen molar-refractivity contribution in [1.29, 1.82) is 0 Å². The lowest BCUT2D eigenvalue weighted by atomic mass is 9.90. The minimum absolute atomic E-state index is 0.0321. The minimum Gasteiger partial charge on any atom is -0.496 e. The van der Waals surface area contributed by atoms with Gasteiger partial charge in [-0.2, -0.15) is 13.2 Å². The van der Waals surface area contributed by atoms with E-state index in [-0.39, 0.29) is 11.9 Å². The lowest BCUT2D eigenvalue weighted by Crippen LogP contribution is -2.41. The van der Waals surface area contributed by atoms with Gasteiger partial charge in [-0.05, 0) is 60.4 Å². The first-order chi connectivity index (χ1) is 12.7. The Morgan fingerprint density at radius 3 is 2.44 bits per heavy atom. The molecule has 1 atom stereocenters. The van der Waals surface area contributed by atoms with Crippen molar-refractivity contribution in [1.82, 2.24) is 4.90 Å². The SMILES string of the molecule is C=CC(=O)N1Cc2cc(-c3ccc(C(F)(F)F)cc3)c(OC)cc2CC1C. The van der Waals surface area contributed by atoms with Crippen LogP contribution in [0.1, 0.15) is 23.6 Å². The summed E-state index contributed by atoms with van der Waals surface area (Å²) in [7, 11) is 1.54. The maximum absolute atomic E-state index is 12.8. The molecule has 0 saturated heterocycles. The lowest BCUT2D eigenvalue weighted by molar-refractivity contribution is -0.137. The Morgan fingerprint density at radius 1 is 1.22 bits per heavy atom. The Hall–Kier alpha value is -2.76. The third-order valence-electron chi connectivity index (χ3n) is 4.89. The fraction of sp³-hybridized carbons (Fsp3) is 0.286. The van der Waals surface area contributed by atoms with E-state index in [1.807, 2.05) is 19.1 Å². The monoisotopic (exact) mass is 375 g/mol. The highest BCUT2D eigenvalue weighted by atomic mass is 19.4. The van der Waals surface area contributed by atoms with E-state index in [0.717, 1.165) is 23.3 Å². The summed E-state index contributed by atoms with van der Waals surface area (Å²) < 4.78 is 43.9. The van der Waals surface area contributed by atoms with Gasteiger partial charge in [0, 0.05) is 18.2 Å². The van der Waals surface area contributed by atoms with Gasteiger partial charge in [-0.25, -0.2) is 0 Å². The van der Waals surface area contributed by atoms with Gasteiger partial charge in [0.1, 0.15) is 5.75 Å². The number of hydrogen-bond donors (Lipinski definition) is 0. The molecule has 3 nitrogen and oxygen atoms in total. The van der Waals surface area contributed by atoms with E-state index >= 15 is 0 Å². The van der Waals surface area contributed by atoms with Gasteiger partial charge in [0.15, 0.2) is 0 Å². The normalized spacial score (nSPS) is 16.6. The van der Waals surface area contributed by atoms with Crippen LogP contribution >= 0.6 is 0 Å². The molecule has 27 heavy (non-hydrogen) atoms. The van der Waals surface area contributed by atoms with E-state index < -0.39 is 11.7 Å². The van der Waals surface area contributed by atoms with Crippen LogP contribution in [0, 0.1) is 0 Å². The molecular formula is C21H20F3NO2. The first-order valence-electron chi connectivity index (χ1n) is 8.55. The maximum atomic E-state index is 12.8. The summed E-state index contributed by atoms with van der Waals surface area (Å²) in [5.41, 5.74) is 2.66. The zero-order valence-corrected chi connectivity index (χ0v) is 15.1. The molecule has 1 aliphatic rings. The van der Waals surface area contributed by atoms with Gasteiger partial charge in [-0.3, -0.25) is 4.79 Å². The highest BCUT2D eigenvalue weighted by molar-refractivity contribution is 5.87. The quantitative estimate of drug-likeness (QED) is 0.719. The van der Waals surface area contributed by atoms with Crippen molar-refractivity contribution in [3.8, 4) is 16.9 Å². The highest BCUT2D eigenvalue weighted by Gasteiger charge is 2.30. The number of carbonyl (C=O) groups is 1. The summed E-state index contributed by atoms with van der Waals surface area (Å²) in [5.74, 6) is 0.462.